The second-order valence-electron chi connectivity index (χ2n) is 4.69. The van der Waals surface area contributed by atoms with Crippen LogP contribution in [0.15, 0.2) is 10.1 Å². The lowest BCUT2D eigenvalue weighted by atomic mass is 9.95. The molecular weight excluding hydrogens is 248 g/mol. The molecule has 0 spiro atoms. The zero-order chi connectivity index (χ0) is 13.5. The van der Waals surface area contributed by atoms with Gasteiger partial charge in [0.25, 0.3) is 0 Å². The fourth-order valence-electron chi connectivity index (χ4n) is 2.20. The van der Waals surface area contributed by atoms with Crippen LogP contribution >= 0.6 is 0 Å². The molecule has 0 fully saturated rings. The summed E-state index contributed by atoms with van der Waals surface area (Å²) in [5.74, 6) is -0.493. The Morgan fingerprint density at radius 1 is 1.68 bits per heavy atom. The SMILES string of the molecule is O=C(O)[C@@H](CCCNC1=NCCCN1)[C@H]1CC=NO1. The molecule has 0 saturated heterocycles. The summed E-state index contributed by atoms with van der Waals surface area (Å²) < 4.78 is 0. The van der Waals surface area contributed by atoms with Crippen LogP contribution in [-0.4, -0.2) is 49.0 Å². The summed E-state index contributed by atoms with van der Waals surface area (Å²) in [6.45, 7) is 2.50. The number of nitrogens with one attached hydrogen (secondary N) is 2. The molecule has 0 aromatic heterocycles. The molecule has 106 valence electrons. The van der Waals surface area contributed by atoms with Gasteiger partial charge in [0.15, 0.2) is 5.96 Å². The fourth-order valence-corrected chi connectivity index (χ4v) is 2.20. The van der Waals surface area contributed by atoms with Crippen molar-refractivity contribution in [2.24, 2.45) is 16.1 Å². The van der Waals surface area contributed by atoms with Gasteiger partial charge in [-0.15, -0.1) is 0 Å². The van der Waals surface area contributed by atoms with Crippen LogP contribution in [0, 0.1) is 5.92 Å². The van der Waals surface area contributed by atoms with E-state index in [9.17, 15) is 9.90 Å². The molecule has 2 aliphatic heterocycles. The molecule has 0 unspecified atom stereocenters. The van der Waals surface area contributed by atoms with Crippen molar-refractivity contribution < 1.29 is 14.7 Å². The Labute approximate surface area is 112 Å². The third kappa shape index (κ3) is 4.11. The van der Waals surface area contributed by atoms with E-state index in [1.54, 1.807) is 6.21 Å². The molecule has 0 bridgehead atoms. The Morgan fingerprint density at radius 2 is 2.58 bits per heavy atom. The standard InChI is InChI=1S/C12H20N4O3/c17-11(18)9(10-4-8-16-19-10)3-1-5-13-12-14-6-2-7-15-12/h8-10H,1-7H2,(H,17,18)(H2,13,14,15)/t9-,10+/m0/s1. The fraction of sp³-hybridized carbons (Fsp3) is 0.750. The highest BCUT2D eigenvalue weighted by atomic mass is 16.6. The van der Waals surface area contributed by atoms with Gasteiger partial charge in [0.05, 0.1) is 5.92 Å². The maximum absolute atomic E-state index is 11.2. The summed E-state index contributed by atoms with van der Waals surface area (Å²) in [7, 11) is 0. The molecule has 2 heterocycles. The predicted octanol–water partition coefficient (Wildman–Crippen LogP) is 0.181. The topological polar surface area (TPSA) is 95.3 Å². The summed E-state index contributed by atoms with van der Waals surface area (Å²) in [4.78, 5) is 20.5. The van der Waals surface area contributed by atoms with Crippen LogP contribution in [0.5, 0.6) is 0 Å². The third-order valence-corrected chi connectivity index (χ3v) is 3.26. The molecule has 7 heteroatoms. The van der Waals surface area contributed by atoms with Crippen molar-refractivity contribution in [3.8, 4) is 0 Å². The monoisotopic (exact) mass is 268 g/mol. The number of carboxylic acid groups (broad SMARTS) is 1. The molecule has 2 rings (SSSR count). The molecule has 0 aliphatic carbocycles. The molecule has 0 radical (unpaired) electrons. The van der Waals surface area contributed by atoms with E-state index in [2.05, 4.69) is 20.8 Å². The number of rotatable bonds is 6. The van der Waals surface area contributed by atoms with Gasteiger partial charge in [0.2, 0.25) is 0 Å². The van der Waals surface area contributed by atoms with E-state index in [-0.39, 0.29) is 6.10 Å². The van der Waals surface area contributed by atoms with E-state index in [0.29, 0.717) is 19.4 Å². The van der Waals surface area contributed by atoms with Crippen molar-refractivity contribution in [1.82, 2.24) is 10.6 Å². The van der Waals surface area contributed by atoms with Crippen molar-refractivity contribution >= 4 is 18.1 Å². The van der Waals surface area contributed by atoms with Gasteiger partial charge < -0.3 is 20.6 Å². The van der Waals surface area contributed by atoms with Gasteiger partial charge in [-0.1, -0.05) is 5.16 Å². The zero-order valence-electron chi connectivity index (χ0n) is 10.8. The van der Waals surface area contributed by atoms with Gasteiger partial charge in [0.1, 0.15) is 6.10 Å². The quantitative estimate of drug-likeness (QED) is 0.597. The van der Waals surface area contributed by atoms with Crippen molar-refractivity contribution in [3.63, 3.8) is 0 Å². The Balaban J connectivity index is 1.67. The highest BCUT2D eigenvalue weighted by molar-refractivity contribution is 5.80. The Hall–Kier alpha value is -1.79. The van der Waals surface area contributed by atoms with Gasteiger partial charge >= 0.3 is 5.97 Å². The summed E-state index contributed by atoms with van der Waals surface area (Å²) in [5, 5.41) is 19.2. The van der Waals surface area contributed by atoms with E-state index in [1.807, 2.05) is 0 Å². The number of carbonyl (C=O) groups is 1. The molecule has 2 aliphatic rings. The average molecular weight is 268 g/mol. The lowest BCUT2D eigenvalue weighted by Gasteiger charge is -2.19. The first kappa shape index (κ1) is 13.6. The highest BCUT2D eigenvalue weighted by Crippen LogP contribution is 2.20. The van der Waals surface area contributed by atoms with Crippen molar-refractivity contribution in [1.29, 1.82) is 0 Å². The minimum Gasteiger partial charge on any atom is -0.481 e. The minimum atomic E-state index is -0.816. The van der Waals surface area contributed by atoms with Gasteiger partial charge in [-0.2, -0.15) is 0 Å². The lowest BCUT2D eigenvalue weighted by Crippen LogP contribution is -2.41. The molecule has 7 nitrogen and oxygen atoms in total. The minimum absolute atomic E-state index is 0.317. The number of hydrogen-bond donors (Lipinski definition) is 3. The molecule has 19 heavy (non-hydrogen) atoms. The van der Waals surface area contributed by atoms with Gasteiger partial charge in [0, 0.05) is 32.3 Å². The van der Waals surface area contributed by atoms with Crippen LogP contribution in [-0.2, 0) is 9.63 Å². The van der Waals surface area contributed by atoms with Crippen LogP contribution in [0.3, 0.4) is 0 Å². The van der Waals surface area contributed by atoms with Gasteiger partial charge in [-0.3, -0.25) is 9.79 Å². The van der Waals surface area contributed by atoms with E-state index >= 15 is 0 Å². The summed E-state index contributed by atoms with van der Waals surface area (Å²) in [6, 6.07) is 0. The normalized spacial score (nSPS) is 23.2. The third-order valence-electron chi connectivity index (χ3n) is 3.26. The maximum atomic E-state index is 11.2. The number of aliphatic carboxylic acids is 1. The first-order valence-corrected chi connectivity index (χ1v) is 6.70. The largest absolute Gasteiger partial charge is 0.481 e. The van der Waals surface area contributed by atoms with Crippen LogP contribution in [0.4, 0.5) is 0 Å². The predicted molar refractivity (Wildman–Crippen MR) is 71.3 cm³/mol. The van der Waals surface area contributed by atoms with E-state index in [0.717, 1.165) is 31.9 Å². The number of hydrogen-bond acceptors (Lipinski definition) is 6. The second-order valence-corrected chi connectivity index (χ2v) is 4.69. The van der Waals surface area contributed by atoms with E-state index < -0.39 is 11.9 Å². The van der Waals surface area contributed by atoms with E-state index in [4.69, 9.17) is 4.84 Å². The van der Waals surface area contributed by atoms with Gasteiger partial charge in [-0.05, 0) is 19.3 Å². The molecular formula is C12H20N4O3. The van der Waals surface area contributed by atoms with Crippen molar-refractivity contribution in [2.45, 2.75) is 31.8 Å². The second kappa shape index (κ2) is 6.96. The van der Waals surface area contributed by atoms with E-state index in [1.165, 1.54) is 0 Å². The Kier molecular flexibility index (Phi) is 5.00. The first-order valence-electron chi connectivity index (χ1n) is 6.70. The summed E-state index contributed by atoms with van der Waals surface area (Å²) in [6.07, 6.45) is 4.28. The Bertz CT molecular complexity index is 362. The van der Waals surface area contributed by atoms with Crippen LogP contribution < -0.4 is 10.6 Å². The van der Waals surface area contributed by atoms with Crippen molar-refractivity contribution in [2.75, 3.05) is 19.6 Å². The highest BCUT2D eigenvalue weighted by Gasteiger charge is 2.31. The zero-order valence-corrected chi connectivity index (χ0v) is 10.8. The summed E-state index contributed by atoms with van der Waals surface area (Å²) in [5.41, 5.74) is 0. The smallest absolute Gasteiger partial charge is 0.310 e. The number of guanidine groups is 1. The van der Waals surface area contributed by atoms with Crippen molar-refractivity contribution in [3.05, 3.63) is 0 Å². The number of aliphatic imine (C=N–C) groups is 1. The first-order chi connectivity index (χ1) is 9.27. The molecule has 2 atom stereocenters. The van der Waals surface area contributed by atoms with Crippen LogP contribution in [0.25, 0.3) is 0 Å². The average Bonchev–Trinajstić information content (AvgIpc) is 2.93. The van der Waals surface area contributed by atoms with Crippen LogP contribution in [0.1, 0.15) is 25.7 Å². The number of oxime groups is 1. The molecule has 0 amide bonds. The molecule has 3 N–H and O–H groups in total. The molecule has 0 aromatic carbocycles. The summed E-state index contributed by atoms with van der Waals surface area (Å²) >= 11 is 0. The maximum Gasteiger partial charge on any atom is 0.310 e. The lowest BCUT2D eigenvalue weighted by molar-refractivity contribution is -0.147. The van der Waals surface area contributed by atoms with Crippen LogP contribution in [0.2, 0.25) is 0 Å². The molecule has 0 aromatic rings. The number of nitrogens with zero attached hydrogens (tertiary/aromatic N) is 2. The Morgan fingerprint density at radius 3 is 3.21 bits per heavy atom. The molecule has 0 saturated carbocycles. The van der Waals surface area contributed by atoms with Gasteiger partial charge in [-0.25, -0.2) is 0 Å². The number of carboxylic acids is 1.